The summed E-state index contributed by atoms with van der Waals surface area (Å²) in [5, 5.41) is 7.82. The lowest BCUT2D eigenvalue weighted by atomic mass is 9.46. The topological polar surface area (TPSA) is 18.5 Å². The molecule has 1 fully saturated rings. The monoisotopic (exact) mass is 572 g/mol. The van der Waals surface area contributed by atoms with Crippen molar-refractivity contribution in [3.8, 4) is 5.75 Å². The average molecular weight is 573 g/mol. The Kier molecular flexibility index (Phi) is 5.25. The van der Waals surface area contributed by atoms with Crippen molar-refractivity contribution in [3.05, 3.63) is 126 Å². The average Bonchev–Trinajstić information content (AvgIpc) is 3.22. The third kappa shape index (κ3) is 3.54. The Hall–Kier alpha value is -4.08. The summed E-state index contributed by atoms with van der Waals surface area (Å²) >= 11 is 0. The van der Waals surface area contributed by atoms with Crippen LogP contribution in [0.25, 0.3) is 37.9 Å². The van der Waals surface area contributed by atoms with Crippen molar-refractivity contribution in [2.45, 2.75) is 64.0 Å². The minimum Gasteiger partial charge on any atom is -0.482 e. The van der Waals surface area contributed by atoms with Gasteiger partial charge < -0.3 is 9.39 Å². The SMILES string of the molecule is CC12C=CC(c3ccc4c5ccccc5c5ccccc5c4c3)=CC1c1cc(B3OC(C)(C)C(C)(C)C4=CC3C4)ccc1O2. The minimum absolute atomic E-state index is 0.0277. The number of hydrogen-bond acceptors (Lipinski definition) is 2. The van der Waals surface area contributed by atoms with E-state index in [1.54, 1.807) is 0 Å². The van der Waals surface area contributed by atoms with Crippen molar-refractivity contribution in [3.63, 3.8) is 0 Å². The van der Waals surface area contributed by atoms with Crippen LogP contribution in [0.5, 0.6) is 5.75 Å². The highest BCUT2D eigenvalue weighted by atomic mass is 16.5. The molecule has 3 heterocycles. The van der Waals surface area contributed by atoms with E-state index in [4.69, 9.17) is 9.39 Å². The molecular formula is C41H37BO2. The minimum atomic E-state index is -0.403. The molecule has 2 bridgehead atoms. The molecule has 0 radical (unpaired) electrons. The van der Waals surface area contributed by atoms with Gasteiger partial charge in [-0.3, -0.25) is 0 Å². The van der Waals surface area contributed by atoms with E-state index < -0.39 is 5.60 Å². The Morgan fingerprint density at radius 2 is 1.34 bits per heavy atom. The second kappa shape index (κ2) is 8.76. The van der Waals surface area contributed by atoms with E-state index in [0.717, 1.165) is 12.2 Å². The molecule has 5 aliphatic rings. The smallest absolute Gasteiger partial charge is 0.334 e. The Balaban J connectivity index is 1.14. The maximum atomic E-state index is 6.95. The largest absolute Gasteiger partial charge is 0.482 e. The van der Waals surface area contributed by atoms with Gasteiger partial charge in [0.1, 0.15) is 11.4 Å². The summed E-state index contributed by atoms with van der Waals surface area (Å²) in [6.07, 6.45) is 10.6. The van der Waals surface area contributed by atoms with Crippen molar-refractivity contribution >= 4 is 50.3 Å². The van der Waals surface area contributed by atoms with Gasteiger partial charge in [-0.2, -0.15) is 0 Å². The highest BCUT2D eigenvalue weighted by molar-refractivity contribution is 6.70. The normalized spacial score (nSPS) is 26.0. The summed E-state index contributed by atoms with van der Waals surface area (Å²) < 4.78 is 13.6. The first kappa shape index (κ1) is 26.3. The highest BCUT2D eigenvalue weighted by Crippen LogP contribution is 2.55. The van der Waals surface area contributed by atoms with Gasteiger partial charge in [0.05, 0.1) is 5.60 Å². The van der Waals surface area contributed by atoms with Gasteiger partial charge in [0, 0.05) is 16.9 Å². The Bertz CT molecular complexity index is 2110. The van der Waals surface area contributed by atoms with E-state index in [9.17, 15) is 0 Å². The van der Waals surface area contributed by atoms with E-state index in [-0.39, 0.29) is 23.8 Å². The fourth-order valence-electron chi connectivity index (χ4n) is 8.24. The van der Waals surface area contributed by atoms with Gasteiger partial charge in [-0.05, 0) is 100 Å². The number of fused-ring (bicyclic) bond motifs is 12. The van der Waals surface area contributed by atoms with E-state index in [0.29, 0.717) is 5.82 Å². The zero-order valence-electron chi connectivity index (χ0n) is 26.1. The molecule has 0 amide bonds. The number of benzene rings is 5. The van der Waals surface area contributed by atoms with Gasteiger partial charge in [0.25, 0.3) is 0 Å². The summed E-state index contributed by atoms with van der Waals surface area (Å²) in [4.78, 5) is 0. The van der Waals surface area contributed by atoms with Gasteiger partial charge in [0.15, 0.2) is 0 Å². The maximum Gasteiger partial charge on any atom is 0.334 e. The molecule has 0 N–H and O–H groups in total. The lowest BCUT2D eigenvalue weighted by Gasteiger charge is -2.43. The van der Waals surface area contributed by atoms with E-state index >= 15 is 0 Å². The summed E-state index contributed by atoms with van der Waals surface area (Å²) in [6, 6.07) is 31.4. The summed E-state index contributed by atoms with van der Waals surface area (Å²) in [7, 11) is 0. The molecule has 0 aromatic heterocycles. The molecule has 0 saturated carbocycles. The molecule has 5 aromatic carbocycles. The fraction of sp³-hybridized carbons (Fsp3) is 0.268. The van der Waals surface area contributed by atoms with Crippen LogP contribution in [0.2, 0.25) is 5.82 Å². The first-order valence-electron chi connectivity index (χ1n) is 16.1. The van der Waals surface area contributed by atoms with E-state index in [1.165, 1.54) is 60.1 Å². The third-order valence-electron chi connectivity index (χ3n) is 11.7. The van der Waals surface area contributed by atoms with Crippen LogP contribution in [0.15, 0.2) is 115 Å². The molecule has 44 heavy (non-hydrogen) atoms. The van der Waals surface area contributed by atoms with Crippen LogP contribution in [0.4, 0.5) is 0 Å². The molecule has 5 aromatic rings. The molecule has 2 nitrogen and oxygen atoms in total. The predicted octanol–water partition coefficient (Wildman–Crippen LogP) is 9.77. The zero-order valence-corrected chi connectivity index (χ0v) is 26.1. The Labute approximate surface area is 260 Å². The van der Waals surface area contributed by atoms with Crippen molar-refractivity contribution in [1.82, 2.24) is 0 Å². The van der Waals surface area contributed by atoms with Crippen molar-refractivity contribution < 1.29 is 9.39 Å². The molecule has 10 rings (SSSR count). The van der Waals surface area contributed by atoms with Crippen LogP contribution in [-0.4, -0.2) is 18.1 Å². The highest BCUT2D eigenvalue weighted by Gasteiger charge is 2.53. The summed E-state index contributed by atoms with van der Waals surface area (Å²) in [5.41, 5.74) is 5.92. The zero-order chi connectivity index (χ0) is 30.0. The molecule has 1 saturated heterocycles. The van der Waals surface area contributed by atoms with Crippen molar-refractivity contribution in [2.24, 2.45) is 5.41 Å². The maximum absolute atomic E-state index is 6.95. The van der Waals surface area contributed by atoms with Crippen LogP contribution in [0, 0.1) is 5.41 Å². The van der Waals surface area contributed by atoms with Crippen LogP contribution in [0.1, 0.15) is 58.1 Å². The van der Waals surface area contributed by atoms with Crippen LogP contribution in [-0.2, 0) is 4.65 Å². The number of allylic oxidation sites excluding steroid dienone is 3. The molecule has 3 atom stereocenters. The molecule has 3 heteroatoms. The molecule has 3 aliphatic heterocycles. The first-order valence-corrected chi connectivity index (χ1v) is 16.1. The van der Waals surface area contributed by atoms with Gasteiger partial charge in [-0.1, -0.05) is 110 Å². The second-order valence-corrected chi connectivity index (χ2v) is 14.6. The summed E-state index contributed by atoms with van der Waals surface area (Å²) in [5.74, 6) is 1.54. The second-order valence-electron chi connectivity index (χ2n) is 14.6. The van der Waals surface area contributed by atoms with E-state index in [2.05, 4.69) is 144 Å². The van der Waals surface area contributed by atoms with Gasteiger partial charge in [-0.15, -0.1) is 0 Å². The Morgan fingerprint density at radius 1 is 0.705 bits per heavy atom. The number of ether oxygens (including phenoxy) is 1. The quantitative estimate of drug-likeness (QED) is 0.119. The summed E-state index contributed by atoms with van der Waals surface area (Å²) in [6.45, 7) is 11.4. The van der Waals surface area contributed by atoms with Crippen molar-refractivity contribution in [2.75, 3.05) is 0 Å². The lowest BCUT2D eigenvalue weighted by molar-refractivity contribution is 0.0161. The number of rotatable bonds is 2. The van der Waals surface area contributed by atoms with Crippen LogP contribution < -0.4 is 10.2 Å². The molecular weight excluding hydrogens is 535 g/mol. The molecule has 3 unspecified atom stereocenters. The van der Waals surface area contributed by atoms with Gasteiger partial charge in [-0.25, -0.2) is 0 Å². The van der Waals surface area contributed by atoms with Crippen molar-refractivity contribution in [1.29, 1.82) is 0 Å². The van der Waals surface area contributed by atoms with Gasteiger partial charge in [0.2, 0.25) is 0 Å². The molecule has 216 valence electrons. The van der Waals surface area contributed by atoms with E-state index in [1.807, 2.05) is 0 Å². The molecule has 0 spiro atoms. The third-order valence-corrected chi connectivity index (χ3v) is 11.7. The Morgan fingerprint density at radius 3 is 2.02 bits per heavy atom. The number of hydrogen-bond donors (Lipinski definition) is 0. The standard InChI is InChI=1S/C41H37BO2/c1-39(2)27-22-29(23-27)42(44-40(39,3)4)28-15-17-38-36(24-28)37-21-26(18-19-41(37,5)43-38)25-14-16-34-32-12-7-6-10-30(32)31-11-8-9-13-33(31)35(34)20-25/h6-22,24,29,37H,23H2,1-5H3. The lowest BCUT2D eigenvalue weighted by Crippen LogP contribution is -2.47. The van der Waals surface area contributed by atoms with Gasteiger partial charge >= 0.3 is 6.92 Å². The first-order chi connectivity index (χ1) is 21.1. The van der Waals surface area contributed by atoms with Crippen LogP contribution >= 0.6 is 0 Å². The fourth-order valence-corrected chi connectivity index (χ4v) is 8.24. The molecule has 2 aliphatic carbocycles. The van der Waals surface area contributed by atoms with Crippen LogP contribution in [0.3, 0.4) is 0 Å². The predicted molar refractivity (Wildman–Crippen MR) is 185 cm³/mol.